The van der Waals surface area contributed by atoms with Gasteiger partial charge in [-0.15, -0.1) is 0 Å². The maximum Gasteiger partial charge on any atom is 0.305 e. The molecular weight excluding hydrogens is 418 g/mol. The summed E-state index contributed by atoms with van der Waals surface area (Å²) in [5, 5.41) is 13.5. The van der Waals surface area contributed by atoms with Crippen LogP contribution in [0, 0.1) is 0 Å². The van der Waals surface area contributed by atoms with Crippen molar-refractivity contribution >= 4 is 28.9 Å². The number of benzene rings is 1. The molecule has 168 valence electrons. The van der Waals surface area contributed by atoms with E-state index in [9.17, 15) is 14.7 Å². The lowest BCUT2D eigenvalue weighted by atomic mass is 10.1. The molecule has 2 aromatic heterocycles. The number of carbonyl (C=O) groups is 2. The largest absolute Gasteiger partial charge is 0.469 e. The number of amides is 1. The first kappa shape index (κ1) is 21.8. The highest BCUT2D eigenvalue weighted by atomic mass is 16.6. The monoisotopic (exact) mass is 441 g/mol. The smallest absolute Gasteiger partial charge is 0.305 e. The van der Waals surface area contributed by atoms with Gasteiger partial charge in [0.1, 0.15) is 18.5 Å². The van der Waals surface area contributed by atoms with Gasteiger partial charge in [-0.1, -0.05) is 18.2 Å². The van der Waals surface area contributed by atoms with Gasteiger partial charge in [0.05, 0.1) is 19.5 Å². The van der Waals surface area contributed by atoms with Crippen molar-refractivity contribution in [3.05, 3.63) is 48.5 Å². The zero-order valence-corrected chi connectivity index (χ0v) is 17.5. The second-order valence-corrected chi connectivity index (χ2v) is 7.24. The van der Waals surface area contributed by atoms with Gasteiger partial charge in [-0.3, -0.25) is 14.2 Å². The Balaban J connectivity index is 1.58. The first-order valence-electron chi connectivity index (χ1n) is 10.0. The summed E-state index contributed by atoms with van der Waals surface area (Å²) in [4.78, 5) is 36.8. The summed E-state index contributed by atoms with van der Waals surface area (Å²) >= 11 is 0. The summed E-state index contributed by atoms with van der Waals surface area (Å²) in [5.74, 6) is -0.471. The molecule has 32 heavy (non-hydrogen) atoms. The Bertz CT molecular complexity index is 1100. The van der Waals surface area contributed by atoms with Crippen molar-refractivity contribution in [1.82, 2.24) is 19.5 Å². The molecule has 0 radical (unpaired) electrons. The Morgan fingerprint density at radius 3 is 2.69 bits per heavy atom. The van der Waals surface area contributed by atoms with Crippen molar-refractivity contribution in [1.29, 1.82) is 0 Å². The number of ether oxygens (including phenoxy) is 3. The third kappa shape index (κ3) is 4.17. The second-order valence-electron chi connectivity index (χ2n) is 7.24. The number of anilines is 1. The van der Waals surface area contributed by atoms with Gasteiger partial charge in [0, 0.05) is 19.1 Å². The van der Waals surface area contributed by atoms with Gasteiger partial charge in [-0.2, -0.15) is 0 Å². The van der Waals surface area contributed by atoms with Crippen LogP contribution in [0.25, 0.3) is 11.2 Å². The molecule has 1 aromatic carbocycles. The van der Waals surface area contributed by atoms with E-state index in [1.807, 2.05) is 6.07 Å². The number of esters is 1. The minimum Gasteiger partial charge on any atom is -0.469 e. The Labute approximate surface area is 183 Å². The summed E-state index contributed by atoms with van der Waals surface area (Å²) in [6.07, 6.45) is 0.141. The van der Waals surface area contributed by atoms with E-state index in [-0.39, 0.29) is 24.1 Å². The highest BCUT2D eigenvalue weighted by molar-refractivity contribution is 6.06. The van der Waals surface area contributed by atoms with Gasteiger partial charge >= 0.3 is 5.97 Å². The van der Waals surface area contributed by atoms with Gasteiger partial charge < -0.3 is 24.6 Å². The van der Waals surface area contributed by atoms with E-state index in [0.29, 0.717) is 23.1 Å². The molecular formula is C21H23N5O6. The third-order valence-corrected chi connectivity index (χ3v) is 5.34. The fourth-order valence-electron chi connectivity index (χ4n) is 3.73. The summed E-state index contributed by atoms with van der Waals surface area (Å²) in [6.45, 7) is 0. The predicted molar refractivity (Wildman–Crippen MR) is 112 cm³/mol. The molecule has 3 heterocycles. The van der Waals surface area contributed by atoms with E-state index >= 15 is 0 Å². The second kappa shape index (κ2) is 9.39. The number of nitrogens with one attached hydrogen (secondary N) is 1. The van der Waals surface area contributed by atoms with Gasteiger partial charge in [-0.05, 0) is 18.6 Å². The van der Waals surface area contributed by atoms with E-state index in [4.69, 9.17) is 9.47 Å². The number of aromatic nitrogens is 4. The zero-order chi connectivity index (χ0) is 22.7. The van der Waals surface area contributed by atoms with Crippen LogP contribution in [0.1, 0.15) is 29.4 Å². The van der Waals surface area contributed by atoms with Crippen LogP contribution in [-0.2, 0) is 19.0 Å². The number of fused-ring (bicyclic) bond motifs is 1. The molecule has 4 atom stereocenters. The minimum atomic E-state index is -1.03. The van der Waals surface area contributed by atoms with Crippen LogP contribution >= 0.6 is 0 Å². The van der Waals surface area contributed by atoms with E-state index in [1.165, 1.54) is 26.9 Å². The number of hydrogen-bond donors (Lipinski definition) is 2. The fraction of sp³-hybridized carbons (Fsp3) is 0.381. The van der Waals surface area contributed by atoms with E-state index in [1.54, 1.807) is 28.8 Å². The normalized spacial score (nSPS) is 22.7. The summed E-state index contributed by atoms with van der Waals surface area (Å²) in [7, 11) is 2.78. The van der Waals surface area contributed by atoms with Crippen molar-refractivity contribution in [2.45, 2.75) is 37.4 Å². The molecule has 0 saturated carbocycles. The van der Waals surface area contributed by atoms with Crippen molar-refractivity contribution in [3.8, 4) is 0 Å². The van der Waals surface area contributed by atoms with Gasteiger partial charge in [0.25, 0.3) is 5.91 Å². The average Bonchev–Trinajstić information content (AvgIpc) is 3.38. The Morgan fingerprint density at radius 1 is 1.19 bits per heavy atom. The molecule has 1 aliphatic rings. The maximum atomic E-state index is 12.5. The topological polar surface area (TPSA) is 138 Å². The minimum absolute atomic E-state index is 0.128. The van der Waals surface area contributed by atoms with Gasteiger partial charge in [0.15, 0.2) is 23.2 Å². The quantitative estimate of drug-likeness (QED) is 0.520. The fourth-order valence-corrected chi connectivity index (χ4v) is 3.73. The van der Waals surface area contributed by atoms with E-state index in [0.717, 1.165) is 0 Å². The molecule has 1 fully saturated rings. The lowest BCUT2D eigenvalue weighted by molar-refractivity contribution is -0.141. The lowest BCUT2D eigenvalue weighted by Gasteiger charge is -2.18. The molecule has 0 spiro atoms. The van der Waals surface area contributed by atoms with Crippen molar-refractivity contribution in [3.63, 3.8) is 0 Å². The highest BCUT2D eigenvalue weighted by Crippen LogP contribution is 2.35. The van der Waals surface area contributed by atoms with Crippen molar-refractivity contribution in [2.75, 3.05) is 19.5 Å². The maximum absolute atomic E-state index is 12.5. The number of hydrogen-bond acceptors (Lipinski definition) is 9. The molecule has 0 aliphatic carbocycles. The number of rotatable bonds is 7. The number of imidazole rings is 1. The summed E-state index contributed by atoms with van der Waals surface area (Å²) in [5.41, 5.74) is 1.19. The number of aliphatic hydroxyl groups excluding tert-OH is 1. The van der Waals surface area contributed by atoms with Crippen LogP contribution in [0.2, 0.25) is 0 Å². The third-order valence-electron chi connectivity index (χ3n) is 5.34. The molecule has 3 aromatic rings. The Morgan fingerprint density at radius 2 is 1.97 bits per heavy atom. The van der Waals surface area contributed by atoms with Crippen LogP contribution in [0.4, 0.5) is 5.82 Å². The van der Waals surface area contributed by atoms with Crippen LogP contribution in [0.3, 0.4) is 0 Å². The predicted octanol–water partition coefficient (Wildman–Crippen LogP) is 1.31. The zero-order valence-electron chi connectivity index (χ0n) is 17.5. The van der Waals surface area contributed by atoms with Crippen LogP contribution in [0.5, 0.6) is 0 Å². The number of carbonyl (C=O) groups excluding carboxylic acids is 2. The van der Waals surface area contributed by atoms with Crippen LogP contribution < -0.4 is 5.32 Å². The van der Waals surface area contributed by atoms with Crippen LogP contribution in [-0.4, -0.2) is 69.0 Å². The Kier molecular flexibility index (Phi) is 6.40. The molecule has 11 nitrogen and oxygen atoms in total. The molecule has 1 amide bonds. The molecule has 0 unspecified atom stereocenters. The molecule has 11 heteroatoms. The number of nitrogens with zero attached hydrogens (tertiary/aromatic N) is 4. The van der Waals surface area contributed by atoms with Crippen molar-refractivity contribution < 1.29 is 28.9 Å². The molecule has 1 aliphatic heterocycles. The Hall–Kier alpha value is -3.41. The van der Waals surface area contributed by atoms with Gasteiger partial charge in [-0.25, -0.2) is 15.0 Å². The van der Waals surface area contributed by atoms with Crippen molar-refractivity contribution in [2.24, 2.45) is 0 Å². The molecule has 1 saturated heterocycles. The standard InChI is InChI=1S/C21H23N5O6/c1-30-14(27)9-8-13-17(31-2)16(28)21(32-13)26-11-24-15-18(22-10-23-19(15)26)25-20(29)12-6-4-3-5-7-12/h3-7,10-11,13,16-17,21,28H,8-9H2,1-2H3,(H,22,23,25,29)/t13-,16-,17-,21-/m1/s1. The number of methoxy groups -OCH3 is 2. The van der Waals surface area contributed by atoms with E-state index < -0.39 is 24.5 Å². The van der Waals surface area contributed by atoms with E-state index in [2.05, 4.69) is 25.0 Å². The molecule has 4 rings (SSSR count). The lowest BCUT2D eigenvalue weighted by Crippen LogP contribution is -2.33. The highest BCUT2D eigenvalue weighted by Gasteiger charge is 2.45. The number of aliphatic hydroxyl groups is 1. The SMILES string of the molecule is COC(=O)CC[C@H]1O[C@@H](n2cnc3c(NC(=O)c4ccccc4)ncnc32)[C@H](O)[C@@H]1OC. The first-order chi connectivity index (χ1) is 15.5. The van der Waals surface area contributed by atoms with Crippen LogP contribution in [0.15, 0.2) is 43.0 Å². The first-order valence-corrected chi connectivity index (χ1v) is 10.0. The molecule has 0 bridgehead atoms. The summed E-state index contributed by atoms with van der Waals surface area (Å²) in [6, 6.07) is 8.73. The summed E-state index contributed by atoms with van der Waals surface area (Å²) < 4.78 is 17.7. The average molecular weight is 441 g/mol. The van der Waals surface area contributed by atoms with Gasteiger partial charge in [0.2, 0.25) is 0 Å². The molecule has 2 N–H and O–H groups in total.